The molecule has 0 atom stereocenters. The lowest BCUT2D eigenvalue weighted by atomic mass is 10.1. The molecular formula is C18H12BNO. The first-order chi connectivity index (χ1) is 10.3. The number of anilines is 2. The van der Waals surface area contributed by atoms with E-state index in [2.05, 4.69) is 12.1 Å². The molecule has 21 heavy (non-hydrogen) atoms. The van der Waals surface area contributed by atoms with Gasteiger partial charge in [-0.05, 0) is 24.3 Å². The van der Waals surface area contributed by atoms with Gasteiger partial charge in [0, 0.05) is 16.5 Å². The van der Waals surface area contributed by atoms with E-state index in [9.17, 15) is 0 Å². The molecule has 3 heteroatoms. The van der Waals surface area contributed by atoms with Gasteiger partial charge < -0.3 is 9.23 Å². The number of hydrogen-bond acceptors (Lipinski definition) is 2. The lowest BCUT2D eigenvalue weighted by molar-refractivity contribution is 0.669. The van der Waals surface area contributed by atoms with Gasteiger partial charge in [-0.25, -0.2) is 0 Å². The average Bonchev–Trinajstić information content (AvgIpc) is 2.94. The lowest BCUT2D eigenvalue weighted by Gasteiger charge is -2.20. The van der Waals surface area contributed by atoms with E-state index in [4.69, 9.17) is 12.4 Å². The molecule has 0 saturated carbocycles. The molecule has 4 rings (SSSR count). The van der Waals surface area contributed by atoms with Crippen LogP contribution < -0.4 is 4.81 Å². The highest BCUT2D eigenvalue weighted by Crippen LogP contribution is 2.36. The zero-order valence-electron chi connectivity index (χ0n) is 11.4. The summed E-state index contributed by atoms with van der Waals surface area (Å²) in [6, 6.07) is 23.9. The van der Waals surface area contributed by atoms with Crippen molar-refractivity contribution in [3.63, 3.8) is 0 Å². The Bertz CT molecular complexity index is 914. The van der Waals surface area contributed by atoms with Crippen LogP contribution in [0, 0.1) is 0 Å². The minimum Gasteiger partial charge on any atom is -0.454 e. The molecule has 98 valence electrons. The summed E-state index contributed by atoms with van der Waals surface area (Å²) in [6.07, 6.45) is 0. The van der Waals surface area contributed by atoms with Gasteiger partial charge in [0.1, 0.15) is 5.58 Å². The highest BCUT2D eigenvalue weighted by molar-refractivity contribution is 6.25. The van der Waals surface area contributed by atoms with Crippen molar-refractivity contribution in [2.45, 2.75) is 0 Å². The topological polar surface area (TPSA) is 16.4 Å². The summed E-state index contributed by atoms with van der Waals surface area (Å²) >= 11 is 0. The van der Waals surface area contributed by atoms with Gasteiger partial charge in [0.15, 0.2) is 5.58 Å². The van der Waals surface area contributed by atoms with E-state index in [1.807, 2.05) is 60.7 Å². The molecule has 4 aromatic rings. The number of furan rings is 1. The Morgan fingerprint density at radius 3 is 2.29 bits per heavy atom. The number of benzene rings is 3. The second-order valence-corrected chi connectivity index (χ2v) is 4.96. The molecule has 0 unspecified atom stereocenters. The third kappa shape index (κ3) is 1.90. The summed E-state index contributed by atoms with van der Waals surface area (Å²) in [6.45, 7) is 0. The van der Waals surface area contributed by atoms with Gasteiger partial charge in [-0.3, -0.25) is 0 Å². The fourth-order valence-corrected chi connectivity index (χ4v) is 2.65. The van der Waals surface area contributed by atoms with Crippen molar-refractivity contribution in [2.75, 3.05) is 4.81 Å². The van der Waals surface area contributed by atoms with Gasteiger partial charge >= 0.3 is 0 Å². The maximum absolute atomic E-state index is 6.28. The minimum atomic E-state index is 0.810. The SMILES string of the molecule is [B]N(c1ccccc1)c1cccc2c1oc1ccccc12. The molecule has 2 nitrogen and oxygen atoms in total. The largest absolute Gasteiger partial charge is 0.454 e. The van der Waals surface area contributed by atoms with Gasteiger partial charge in [0.25, 0.3) is 0 Å². The van der Waals surface area contributed by atoms with Crippen LogP contribution in [0.15, 0.2) is 77.2 Å². The Balaban J connectivity index is 1.97. The van der Waals surface area contributed by atoms with Crippen LogP contribution in [0.1, 0.15) is 0 Å². The third-order valence-corrected chi connectivity index (χ3v) is 3.68. The summed E-state index contributed by atoms with van der Waals surface area (Å²) in [7, 11) is 6.28. The first-order valence-corrected chi connectivity index (χ1v) is 6.85. The Kier molecular flexibility index (Phi) is 2.71. The van der Waals surface area contributed by atoms with E-state index >= 15 is 0 Å². The monoisotopic (exact) mass is 269 g/mol. The van der Waals surface area contributed by atoms with Crippen molar-refractivity contribution in [3.8, 4) is 0 Å². The van der Waals surface area contributed by atoms with E-state index in [1.54, 1.807) is 4.81 Å². The first-order valence-electron chi connectivity index (χ1n) is 6.85. The Morgan fingerprint density at radius 2 is 1.43 bits per heavy atom. The van der Waals surface area contributed by atoms with Crippen molar-refractivity contribution >= 4 is 41.3 Å². The van der Waals surface area contributed by atoms with Gasteiger partial charge in [-0.15, -0.1) is 0 Å². The minimum absolute atomic E-state index is 0.810. The van der Waals surface area contributed by atoms with Crippen LogP contribution in [-0.2, 0) is 0 Å². The van der Waals surface area contributed by atoms with E-state index in [1.165, 1.54) is 0 Å². The molecule has 1 heterocycles. The summed E-state index contributed by atoms with van der Waals surface area (Å²) < 4.78 is 6.00. The van der Waals surface area contributed by atoms with Gasteiger partial charge in [-0.2, -0.15) is 0 Å². The molecule has 0 fully saturated rings. The summed E-state index contributed by atoms with van der Waals surface area (Å²) in [5.41, 5.74) is 3.46. The molecule has 0 aliphatic heterocycles. The third-order valence-electron chi connectivity index (χ3n) is 3.68. The molecule has 0 saturated heterocycles. The molecule has 2 radical (unpaired) electrons. The Hall–Kier alpha value is -2.68. The van der Waals surface area contributed by atoms with E-state index in [0.717, 1.165) is 33.3 Å². The second kappa shape index (κ2) is 4.71. The van der Waals surface area contributed by atoms with Crippen LogP contribution in [-0.4, -0.2) is 7.98 Å². The Labute approximate surface area is 124 Å². The maximum Gasteiger partial charge on any atom is 0.234 e. The standard InChI is InChI=1S/C18H12BNO/c19-20(13-7-2-1-3-8-13)16-11-6-10-15-14-9-4-5-12-17(14)21-18(15)16/h1-12H. The molecule has 0 spiro atoms. The van der Waals surface area contributed by atoms with Crippen molar-refractivity contribution in [1.29, 1.82) is 0 Å². The summed E-state index contributed by atoms with van der Waals surface area (Å²) in [4.78, 5) is 1.66. The fourth-order valence-electron chi connectivity index (χ4n) is 2.65. The highest BCUT2D eigenvalue weighted by Gasteiger charge is 2.13. The van der Waals surface area contributed by atoms with Gasteiger partial charge in [-0.1, -0.05) is 48.5 Å². The van der Waals surface area contributed by atoms with Crippen LogP contribution in [0.5, 0.6) is 0 Å². The predicted octanol–water partition coefficient (Wildman–Crippen LogP) is 4.81. The molecule has 1 aromatic heterocycles. The zero-order chi connectivity index (χ0) is 14.2. The molecule has 0 aliphatic carbocycles. The van der Waals surface area contributed by atoms with Gasteiger partial charge in [0.2, 0.25) is 7.98 Å². The molecule has 0 aliphatic rings. The molecule has 0 N–H and O–H groups in total. The lowest BCUT2D eigenvalue weighted by Crippen LogP contribution is -2.11. The van der Waals surface area contributed by atoms with Crippen LogP contribution in [0.3, 0.4) is 0 Å². The molecular weight excluding hydrogens is 257 g/mol. The van der Waals surface area contributed by atoms with Crippen LogP contribution in [0.2, 0.25) is 0 Å². The maximum atomic E-state index is 6.28. The number of para-hydroxylation sites is 3. The van der Waals surface area contributed by atoms with Crippen LogP contribution in [0.25, 0.3) is 21.9 Å². The van der Waals surface area contributed by atoms with E-state index in [0.29, 0.717) is 0 Å². The fraction of sp³-hybridized carbons (Fsp3) is 0. The number of nitrogens with zero attached hydrogens (tertiary/aromatic N) is 1. The molecule has 0 bridgehead atoms. The normalized spacial score (nSPS) is 11.0. The smallest absolute Gasteiger partial charge is 0.234 e. The first kappa shape index (κ1) is 12.1. The van der Waals surface area contributed by atoms with E-state index < -0.39 is 0 Å². The number of fused-ring (bicyclic) bond motifs is 3. The zero-order valence-corrected chi connectivity index (χ0v) is 11.4. The van der Waals surface area contributed by atoms with Crippen molar-refractivity contribution in [3.05, 3.63) is 72.8 Å². The molecule has 0 amide bonds. The quantitative estimate of drug-likeness (QED) is 0.485. The number of hydrogen-bond donors (Lipinski definition) is 0. The predicted molar refractivity (Wildman–Crippen MR) is 88.1 cm³/mol. The second-order valence-electron chi connectivity index (χ2n) is 4.96. The van der Waals surface area contributed by atoms with Crippen molar-refractivity contribution < 1.29 is 4.42 Å². The average molecular weight is 269 g/mol. The van der Waals surface area contributed by atoms with Crippen molar-refractivity contribution in [2.24, 2.45) is 0 Å². The Morgan fingerprint density at radius 1 is 0.714 bits per heavy atom. The highest BCUT2D eigenvalue weighted by atomic mass is 16.3. The van der Waals surface area contributed by atoms with E-state index in [-0.39, 0.29) is 0 Å². The molecule has 3 aromatic carbocycles. The summed E-state index contributed by atoms with van der Waals surface area (Å²) in [5.74, 6) is 0. The van der Waals surface area contributed by atoms with Crippen molar-refractivity contribution in [1.82, 2.24) is 0 Å². The number of rotatable bonds is 2. The van der Waals surface area contributed by atoms with Gasteiger partial charge in [0.05, 0.1) is 5.69 Å². The van der Waals surface area contributed by atoms with Crippen LogP contribution >= 0.6 is 0 Å². The van der Waals surface area contributed by atoms with Crippen LogP contribution in [0.4, 0.5) is 11.4 Å². The summed E-state index contributed by atoms with van der Waals surface area (Å²) in [5, 5.41) is 2.19.